The lowest BCUT2D eigenvalue weighted by molar-refractivity contribution is 0.0694. The first-order valence-electron chi connectivity index (χ1n) is 5.27. The van der Waals surface area contributed by atoms with Gasteiger partial charge in [-0.2, -0.15) is 0 Å². The minimum Gasteiger partial charge on any atom is -0.493 e. The fraction of sp³-hybridized carbons (Fsp3) is 0.308. The molecule has 0 fully saturated rings. The number of aromatic carboxylic acids is 1. The van der Waals surface area contributed by atoms with Gasteiger partial charge in [0.15, 0.2) is 11.5 Å². The Morgan fingerprint density at radius 2 is 2.12 bits per heavy atom. The second kappa shape index (κ2) is 3.80. The van der Waals surface area contributed by atoms with Crippen molar-refractivity contribution in [3.8, 4) is 11.5 Å². The van der Waals surface area contributed by atoms with Crippen LogP contribution in [0.2, 0.25) is 0 Å². The van der Waals surface area contributed by atoms with Gasteiger partial charge in [0, 0.05) is 5.56 Å². The average Bonchev–Trinajstić information content (AvgIpc) is 2.26. The van der Waals surface area contributed by atoms with Gasteiger partial charge in [0.2, 0.25) is 0 Å². The van der Waals surface area contributed by atoms with Crippen molar-refractivity contribution in [2.75, 3.05) is 7.11 Å². The maximum absolute atomic E-state index is 11.1. The highest BCUT2D eigenvalue weighted by Crippen LogP contribution is 2.40. The van der Waals surface area contributed by atoms with Crippen LogP contribution >= 0.6 is 0 Å². The number of benzene rings is 1. The fourth-order valence-corrected chi connectivity index (χ4v) is 1.78. The lowest BCUT2D eigenvalue weighted by atomic mass is 9.98. The Bertz CT molecular complexity index is 500. The molecule has 17 heavy (non-hydrogen) atoms. The SMILES string of the molecule is COc1ccc(C(=O)O)c2c1OC(C)(C)C=C2. The van der Waals surface area contributed by atoms with Crippen LogP contribution in [0.5, 0.6) is 11.5 Å². The van der Waals surface area contributed by atoms with Gasteiger partial charge in [-0.25, -0.2) is 4.79 Å². The van der Waals surface area contributed by atoms with E-state index in [0.29, 0.717) is 17.1 Å². The summed E-state index contributed by atoms with van der Waals surface area (Å²) in [5.41, 5.74) is 0.306. The number of carboxylic acids is 1. The zero-order chi connectivity index (χ0) is 12.6. The molecule has 90 valence electrons. The summed E-state index contributed by atoms with van der Waals surface area (Å²) < 4.78 is 10.9. The third kappa shape index (κ3) is 1.98. The van der Waals surface area contributed by atoms with Crippen LogP contribution in [0, 0.1) is 0 Å². The van der Waals surface area contributed by atoms with E-state index in [1.54, 1.807) is 12.1 Å². The van der Waals surface area contributed by atoms with Crippen LogP contribution in [-0.2, 0) is 0 Å². The predicted octanol–water partition coefficient (Wildman–Crippen LogP) is 2.58. The average molecular weight is 234 g/mol. The summed E-state index contributed by atoms with van der Waals surface area (Å²) in [5.74, 6) is 0.0548. The molecule has 0 saturated heterocycles. The van der Waals surface area contributed by atoms with Crippen LogP contribution in [0.1, 0.15) is 29.8 Å². The third-order valence-electron chi connectivity index (χ3n) is 2.63. The quantitative estimate of drug-likeness (QED) is 0.854. The highest BCUT2D eigenvalue weighted by Gasteiger charge is 2.27. The Morgan fingerprint density at radius 3 is 2.71 bits per heavy atom. The van der Waals surface area contributed by atoms with Gasteiger partial charge in [-0.15, -0.1) is 0 Å². The van der Waals surface area contributed by atoms with E-state index in [9.17, 15) is 4.79 Å². The molecule has 1 N–H and O–H groups in total. The summed E-state index contributed by atoms with van der Waals surface area (Å²) >= 11 is 0. The van der Waals surface area contributed by atoms with Gasteiger partial charge in [-0.1, -0.05) is 6.08 Å². The third-order valence-corrected chi connectivity index (χ3v) is 2.63. The maximum atomic E-state index is 11.1. The zero-order valence-electron chi connectivity index (χ0n) is 9.98. The molecular formula is C13H14O4. The highest BCUT2D eigenvalue weighted by atomic mass is 16.5. The van der Waals surface area contributed by atoms with Crippen LogP contribution in [0.4, 0.5) is 0 Å². The molecular weight excluding hydrogens is 220 g/mol. The number of rotatable bonds is 2. The van der Waals surface area contributed by atoms with E-state index in [2.05, 4.69) is 0 Å². The Kier molecular flexibility index (Phi) is 2.58. The molecule has 0 spiro atoms. The van der Waals surface area contributed by atoms with E-state index in [1.165, 1.54) is 13.2 Å². The summed E-state index contributed by atoms with van der Waals surface area (Å²) in [6.07, 6.45) is 3.60. The molecule has 0 radical (unpaired) electrons. The first-order valence-corrected chi connectivity index (χ1v) is 5.27. The van der Waals surface area contributed by atoms with Crippen molar-refractivity contribution in [3.05, 3.63) is 29.3 Å². The largest absolute Gasteiger partial charge is 0.493 e. The molecule has 1 heterocycles. The number of carbonyl (C=O) groups is 1. The molecule has 1 aromatic rings. The lowest BCUT2D eigenvalue weighted by Gasteiger charge is -2.29. The smallest absolute Gasteiger partial charge is 0.336 e. The van der Waals surface area contributed by atoms with Crippen molar-refractivity contribution in [2.45, 2.75) is 19.4 Å². The molecule has 0 aromatic heterocycles. The first-order chi connectivity index (χ1) is 7.94. The standard InChI is InChI=1S/C13H14O4/c1-13(2)7-6-8-9(12(14)15)4-5-10(16-3)11(8)17-13/h4-7H,1-3H3,(H,14,15). The Hall–Kier alpha value is -1.97. The molecule has 4 heteroatoms. The molecule has 2 rings (SSSR count). The summed E-state index contributed by atoms with van der Waals surface area (Å²) in [5, 5.41) is 9.10. The first kappa shape index (κ1) is 11.5. The second-order valence-corrected chi connectivity index (χ2v) is 4.40. The van der Waals surface area contributed by atoms with Crippen LogP contribution in [-0.4, -0.2) is 23.8 Å². The fourth-order valence-electron chi connectivity index (χ4n) is 1.78. The summed E-state index contributed by atoms with van der Waals surface area (Å²) in [7, 11) is 1.53. The molecule has 0 atom stereocenters. The maximum Gasteiger partial charge on any atom is 0.336 e. The van der Waals surface area contributed by atoms with Crippen molar-refractivity contribution in [3.63, 3.8) is 0 Å². The molecule has 4 nitrogen and oxygen atoms in total. The van der Waals surface area contributed by atoms with E-state index < -0.39 is 11.6 Å². The number of hydrogen-bond acceptors (Lipinski definition) is 3. The van der Waals surface area contributed by atoms with E-state index in [0.717, 1.165) is 0 Å². The van der Waals surface area contributed by atoms with Gasteiger partial charge >= 0.3 is 5.97 Å². The van der Waals surface area contributed by atoms with Crippen LogP contribution < -0.4 is 9.47 Å². The van der Waals surface area contributed by atoms with Gasteiger partial charge in [0.05, 0.1) is 12.7 Å². The van der Waals surface area contributed by atoms with Crippen LogP contribution in [0.3, 0.4) is 0 Å². The van der Waals surface area contributed by atoms with Gasteiger partial charge in [0.25, 0.3) is 0 Å². The Balaban J connectivity index is 2.64. The molecule has 1 aliphatic heterocycles. The number of ether oxygens (including phenoxy) is 2. The van der Waals surface area contributed by atoms with Crippen molar-refractivity contribution >= 4 is 12.0 Å². The van der Waals surface area contributed by atoms with Crippen molar-refractivity contribution in [1.82, 2.24) is 0 Å². The van der Waals surface area contributed by atoms with Gasteiger partial charge in [-0.05, 0) is 32.1 Å². The van der Waals surface area contributed by atoms with E-state index >= 15 is 0 Å². The Morgan fingerprint density at radius 1 is 1.41 bits per heavy atom. The normalized spacial score (nSPS) is 15.9. The summed E-state index contributed by atoms with van der Waals surface area (Å²) in [4.78, 5) is 11.1. The predicted molar refractivity (Wildman–Crippen MR) is 63.7 cm³/mol. The second-order valence-electron chi connectivity index (χ2n) is 4.40. The number of fused-ring (bicyclic) bond motifs is 1. The van der Waals surface area contributed by atoms with E-state index in [4.69, 9.17) is 14.6 Å². The van der Waals surface area contributed by atoms with Gasteiger partial charge in [0.1, 0.15) is 5.60 Å². The molecule has 1 aliphatic rings. The molecule has 0 bridgehead atoms. The number of hydrogen-bond donors (Lipinski definition) is 1. The van der Waals surface area contributed by atoms with Gasteiger partial charge < -0.3 is 14.6 Å². The molecule has 1 aromatic carbocycles. The molecule has 0 saturated carbocycles. The van der Waals surface area contributed by atoms with Crippen molar-refractivity contribution < 1.29 is 19.4 Å². The summed E-state index contributed by atoms with van der Waals surface area (Å²) in [6, 6.07) is 3.13. The summed E-state index contributed by atoms with van der Waals surface area (Å²) in [6.45, 7) is 3.80. The minimum absolute atomic E-state index is 0.215. The minimum atomic E-state index is -0.975. The van der Waals surface area contributed by atoms with Crippen LogP contribution in [0.25, 0.3) is 6.08 Å². The van der Waals surface area contributed by atoms with E-state index in [-0.39, 0.29) is 5.56 Å². The van der Waals surface area contributed by atoms with Crippen molar-refractivity contribution in [1.29, 1.82) is 0 Å². The molecule has 0 amide bonds. The topological polar surface area (TPSA) is 55.8 Å². The van der Waals surface area contributed by atoms with E-state index in [1.807, 2.05) is 19.9 Å². The monoisotopic (exact) mass is 234 g/mol. The Labute approximate surface area is 99.5 Å². The van der Waals surface area contributed by atoms with Crippen molar-refractivity contribution in [2.24, 2.45) is 0 Å². The number of methoxy groups -OCH3 is 1. The van der Waals surface area contributed by atoms with Crippen LogP contribution in [0.15, 0.2) is 18.2 Å². The molecule has 0 unspecified atom stereocenters. The lowest BCUT2D eigenvalue weighted by Crippen LogP contribution is -2.28. The zero-order valence-corrected chi connectivity index (χ0v) is 9.98. The number of carboxylic acid groups (broad SMARTS) is 1. The highest BCUT2D eigenvalue weighted by molar-refractivity contribution is 5.94. The molecule has 0 aliphatic carbocycles. The van der Waals surface area contributed by atoms with Gasteiger partial charge in [-0.3, -0.25) is 0 Å².